The molecule has 0 aliphatic rings. The van der Waals surface area contributed by atoms with E-state index in [4.69, 9.17) is 9.52 Å². The van der Waals surface area contributed by atoms with E-state index in [0.717, 1.165) is 3.57 Å². The molecule has 20 heavy (non-hydrogen) atoms. The molecule has 2 amide bonds. The van der Waals surface area contributed by atoms with E-state index in [-0.39, 0.29) is 17.8 Å². The van der Waals surface area contributed by atoms with Gasteiger partial charge in [0.15, 0.2) is 0 Å². The zero-order valence-corrected chi connectivity index (χ0v) is 12.4. The zero-order chi connectivity index (χ0) is 14.5. The van der Waals surface area contributed by atoms with Gasteiger partial charge >= 0.3 is 12.0 Å². The van der Waals surface area contributed by atoms with Crippen molar-refractivity contribution in [1.82, 2.24) is 5.32 Å². The van der Waals surface area contributed by atoms with E-state index >= 15 is 0 Å². The van der Waals surface area contributed by atoms with Crippen molar-refractivity contribution < 1.29 is 19.1 Å². The van der Waals surface area contributed by atoms with Crippen LogP contribution in [0.4, 0.5) is 10.5 Å². The van der Waals surface area contributed by atoms with Crippen LogP contribution < -0.4 is 10.6 Å². The minimum Gasteiger partial charge on any atom is -0.478 e. The molecule has 0 aliphatic heterocycles. The van der Waals surface area contributed by atoms with E-state index in [9.17, 15) is 9.59 Å². The molecule has 7 heteroatoms. The SMILES string of the molecule is O=C(NCc1ccco1)Nc1ccc(I)cc1C(=O)O. The third-order valence-corrected chi connectivity index (χ3v) is 3.13. The summed E-state index contributed by atoms with van der Waals surface area (Å²) in [7, 11) is 0. The van der Waals surface area contributed by atoms with E-state index in [0.29, 0.717) is 5.76 Å². The molecule has 0 aliphatic carbocycles. The minimum absolute atomic E-state index is 0.0463. The Kier molecular flexibility index (Phi) is 4.61. The number of amides is 2. The van der Waals surface area contributed by atoms with Crippen LogP contribution >= 0.6 is 22.6 Å². The smallest absolute Gasteiger partial charge is 0.337 e. The molecule has 0 radical (unpaired) electrons. The standard InChI is InChI=1S/C13H11IN2O4/c14-8-3-4-11(10(6-8)12(17)18)16-13(19)15-7-9-2-1-5-20-9/h1-6H,7H2,(H,17,18)(H2,15,16,19). The second-order valence-corrected chi connectivity index (χ2v) is 5.13. The zero-order valence-electron chi connectivity index (χ0n) is 10.2. The Morgan fingerprint density at radius 1 is 1.30 bits per heavy atom. The maximum absolute atomic E-state index is 11.7. The van der Waals surface area contributed by atoms with Crippen LogP contribution in [-0.4, -0.2) is 17.1 Å². The number of carboxylic acids is 1. The summed E-state index contributed by atoms with van der Waals surface area (Å²) in [5, 5.41) is 14.2. The van der Waals surface area contributed by atoms with Gasteiger partial charge in [-0.1, -0.05) is 0 Å². The van der Waals surface area contributed by atoms with E-state index < -0.39 is 12.0 Å². The van der Waals surface area contributed by atoms with Crippen LogP contribution in [-0.2, 0) is 6.54 Å². The lowest BCUT2D eigenvalue weighted by atomic mass is 10.2. The highest BCUT2D eigenvalue weighted by Crippen LogP contribution is 2.18. The van der Waals surface area contributed by atoms with Crippen molar-refractivity contribution in [3.63, 3.8) is 0 Å². The topological polar surface area (TPSA) is 91.6 Å². The number of anilines is 1. The van der Waals surface area contributed by atoms with Crippen molar-refractivity contribution in [3.8, 4) is 0 Å². The molecule has 0 bridgehead atoms. The predicted molar refractivity (Wildman–Crippen MR) is 80.7 cm³/mol. The van der Waals surface area contributed by atoms with Crippen LogP contribution in [0, 0.1) is 3.57 Å². The molecule has 1 heterocycles. The third kappa shape index (κ3) is 3.73. The summed E-state index contributed by atoms with van der Waals surface area (Å²) in [6.07, 6.45) is 1.51. The first-order valence-electron chi connectivity index (χ1n) is 5.66. The fraction of sp³-hybridized carbons (Fsp3) is 0.0769. The van der Waals surface area contributed by atoms with Gasteiger partial charge in [0.1, 0.15) is 5.76 Å². The average molecular weight is 386 g/mol. The predicted octanol–water partition coefficient (Wildman–Crippen LogP) is 2.90. The number of nitrogens with one attached hydrogen (secondary N) is 2. The first-order chi connectivity index (χ1) is 9.56. The normalized spacial score (nSPS) is 10.1. The number of carboxylic acid groups (broad SMARTS) is 1. The van der Waals surface area contributed by atoms with Gasteiger partial charge in [-0.25, -0.2) is 9.59 Å². The molecule has 1 aromatic carbocycles. The number of rotatable bonds is 4. The number of furan rings is 1. The number of carbonyl (C=O) groups is 2. The molecular weight excluding hydrogens is 375 g/mol. The molecule has 0 saturated carbocycles. The lowest BCUT2D eigenvalue weighted by Crippen LogP contribution is -2.28. The largest absolute Gasteiger partial charge is 0.478 e. The van der Waals surface area contributed by atoms with Crippen LogP contribution in [0.1, 0.15) is 16.1 Å². The Morgan fingerprint density at radius 3 is 2.75 bits per heavy atom. The number of halogens is 1. The van der Waals surface area contributed by atoms with Crippen LogP contribution in [0.2, 0.25) is 0 Å². The molecule has 6 nitrogen and oxygen atoms in total. The van der Waals surface area contributed by atoms with Crippen LogP contribution in [0.3, 0.4) is 0 Å². The van der Waals surface area contributed by atoms with Gasteiger partial charge in [-0.2, -0.15) is 0 Å². The lowest BCUT2D eigenvalue weighted by Gasteiger charge is -2.09. The highest BCUT2D eigenvalue weighted by molar-refractivity contribution is 14.1. The number of carbonyl (C=O) groups excluding carboxylic acids is 1. The van der Waals surface area contributed by atoms with E-state index in [1.807, 2.05) is 22.6 Å². The Bertz CT molecular complexity index is 625. The summed E-state index contributed by atoms with van der Waals surface area (Å²) in [5.41, 5.74) is 0.292. The van der Waals surface area contributed by atoms with Gasteiger partial charge in [-0.05, 0) is 52.9 Å². The summed E-state index contributed by atoms with van der Waals surface area (Å²) in [6, 6.07) is 7.72. The molecule has 3 N–H and O–H groups in total. The number of urea groups is 1. The monoisotopic (exact) mass is 386 g/mol. The first-order valence-corrected chi connectivity index (χ1v) is 6.74. The molecule has 2 aromatic rings. The first kappa shape index (κ1) is 14.4. The molecule has 0 saturated heterocycles. The van der Waals surface area contributed by atoms with Crippen molar-refractivity contribution in [2.75, 3.05) is 5.32 Å². The quantitative estimate of drug-likeness (QED) is 0.705. The Labute approximate surface area is 128 Å². The van der Waals surface area contributed by atoms with E-state index in [1.54, 1.807) is 24.3 Å². The van der Waals surface area contributed by atoms with E-state index in [1.165, 1.54) is 12.3 Å². The maximum Gasteiger partial charge on any atom is 0.337 e. The molecule has 0 spiro atoms. The minimum atomic E-state index is -1.09. The maximum atomic E-state index is 11.7. The number of benzene rings is 1. The van der Waals surface area contributed by atoms with Crippen LogP contribution in [0.25, 0.3) is 0 Å². The second kappa shape index (κ2) is 6.42. The van der Waals surface area contributed by atoms with Crippen LogP contribution in [0.15, 0.2) is 41.0 Å². The van der Waals surface area contributed by atoms with Crippen molar-refractivity contribution in [2.24, 2.45) is 0 Å². The Morgan fingerprint density at radius 2 is 2.10 bits per heavy atom. The summed E-state index contributed by atoms with van der Waals surface area (Å²) < 4.78 is 5.85. The fourth-order valence-electron chi connectivity index (χ4n) is 1.55. The summed E-state index contributed by atoms with van der Waals surface area (Å²) in [5.74, 6) is -0.480. The van der Waals surface area contributed by atoms with Gasteiger partial charge in [0, 0.05) is 3.57 Å². The summed E-state index contributed by atoms with van der Waals surface area (Å²) >= 11 is 2.01. The van der Waals surface area contributed by atoms with Gasteiger partial charge < -0.3 is 20.2 Å². The van der Waals surface area contributed by atoms with Crippen molar-refractivity contribution in [2.45, 2.75) is 6.54 Å². The molecule has 0 atom stereocenters. The molecular formula is C13H11IN2O4. The molecule has 1 aromatic heterocycles. The Hall–Kier alpha value is -2.03. The number of hydrogen-bond acceptors (Lipinski definition) is 3. The van der Waals surface area contributed by atoms with Crippen molar-refractivity contribution >= 4 is 40.3 Å². The molecule has 0 unspecified atom stereocenters. The third-order valence-electron chi connectivity index (χ3n) is 2.46. The van der Waals surface area contributed by atoms with E-state index in [2.05, 4.69) is 10.6 Å². The Balaban J connectivity index is 2.02. The highest BCUT2D eigenvalue weighted by Gasteiger charge is 2.13. The van der Waals surface area contributed by atoms with Gasteiger partial charge in [0.2, 0.25) is 0 Å². The second-order valence-electron chi connectivity index (χ2n) is 3.88. The molecule has 0 fully saturated rings. The summed E-state index contributed by atoms with van der Waals surface area (Å²) in [6.45, 7) is 0.228. The molecule has 104 valence electrons. The van der Waals surface area contributed by atoms with Crippen molar-refractivity contribution in [1.29, 1.82) is 0 Å². The van der Waals surface area contributed by atoms with Crippen LogP contribution in [0.5, 0.6) is 0 Å². The van der Waals surface area contributed by atoms with Gasteiger partial charge in [0.05, 0.1) is 24.1 Å². The van der Waals surface area contributed by atoms with Gasteiger partial charge in [0.25, 0.3) is 0 Å². The number of hydrogen-bond donors (Lipinski definition) is 3. The van der Waals surface area contributed by atoms with Gasteiger partial charge in [-0.15, -0.1) is 0 Å². The highest BCUT2D eigenvalue weighted by atomic mass is 127. The van der Waals surface area contributed by atoms with Gasteiger partial charge in [-0.3, -0.25) is 0 Å². The lowest BCUT2D eigenvalue weighted by molar-refractivity contribution is 0.0698. The fourth-order valence-corrected chi connectivity index (χ4v) is 2.04. The molecule has 2 rings (SSSR count). The van der Waals surface area contributed by atoms with Crippen molar-refractivity contribution in [3.05, 3.63) is 51.5 Å². The summed E-state index contributed by atoms with van der Waals surface area (Å²) in [4.78, 5) is 22.8. The average Bonchev–Trinajstić information content (AvgIpc) is 2.91. The number of aromatic carboxylic acids is 1.